The molecule has 1 aliphatic heterocycles. The van der Waals surface area contributed by atoms with Gasteiger partial charge in [0.15, 0.2) is 11.5 Å². The van der Waals surface area contributed by atoms with Gasteiger partial charge in [0.1, 0.15) is 0 Å². The number of hydrogen-bond donors (Lipinski definition) is 0. The monoisotopic (exact) mass is 449 g/mol. The predicted octanol–water partition coefficient (Wildman–Crippen LogP) is 2.90. The highest BCUT2D eigenvalue weighted by Gasteiger charge is 2.25. The summed E-state index contributed by atoms with van der Waals surface area (Å²) >= 11 is 0. The molecule has 2 rings (SSSR count). The van der Waals surface area contributed by atoms with E-state index in [-0.39, 0.29) is 11.8 Å². The summed E-state index contributed by atoms with van der Waals surface area (Å²) < 4.78 is 17.3. The quantitative estimate of drug-likeness (QED) is 0.517. The van der Waals surface area contributed by atoms with Gasteiger partial charge in [-0.25, -0.2) is 0 Å². The van der Waals surface area contributed by atoms with Crippen LogP contribution in [-0.2, 0) is 4.79 Å². The molecule has 8 heteroatoms. The van der Waals surface area contributed by atoms with Gasteiger partial charge in [0.05, 0.1) is 26.4 Å². The van der Waals surface area contributed by atoms with Crippen LogP contribution in [0.5, 0.6) is 17.2 Å². The van der Waals surface area contributed by atoms with Crippen LogP contribution in [-0.4, -0.2) is 92.1 Å². The van der Waals surface area contributed by atoms with Crippen molar-refractivity contribution in [1.29, 1.82) is 0 Å². The summed E-state index contributed by atoms with van der Waals surface area (Å²) in [6, 6.07) is 3.48. The van der Waals surface area contributed by atoms with Gasteiger partial charge in [-0.1, -0.05) is 0 Å². The molecular formula is C24H39N3O5. The van der Waals surface area contributed by atoms with Gasteiger partial charge in [-0.15, -0.1) is 0 Å². The molecule has 0 saturated carbocycles. The second-order valence-electron chi connectivity index (χ2n) is 7.59. The van der Waals surface area contributed by atoms with Crippen LogP contribution in [0.4, 0.5) is 0 Å². The van der Waals surface area contributed by atoms with Gasteiger partial charge >= 0.3 is 0 Å². The van der Waals surface area contributed by atoms with Crippen LogP contribution in [0, 0.1) is 0 Å². The number of hydrogen-bond acceptors (Lipinski definition) is 6. The molecule has 8 nitrogen and oxygen atoms in total. The Morgan fingerprint density at radius 1 is 0.844 bits per heavy atom. The van der Waals surface area contributed by atoms with Crippen LogP contribution in [0.15, 0.2) is 12.1 Å². The molecule has 0 spiro atoms. The molecule has 1 fully saturated rings. The fourth-order valence-corrected chi connectivity index (χ4v) is 3.89. The fourth-order valence-electron chi connectivity index (χ4n) is 3.89. The number of likely N-dealkylation sites (N-methyl/N-ethyl adjacent to an activating group) is 1. The topological polar surface area (TPSA) is 71.6 Å². The number of benzene rings is 1. The van der Waals surface area contributed by atoms with Gasteiger partial charge in [0.25, 0.3) is 5.91 Å². The summed E-state index contributed by atoms with van der Waals surface area (Å²) in [5.41, 5.74) is 0.521. The molecule has 1 saturated heterocycles. The standard InChI is InChI=1S/C24H39N3O5/c1-6-26(7-2)22(28)18-25-12-11-13-27(15-14-25)24(29)19-16-20(30-8-3)23(32-10-5)21(17-19)31-9-4/h16-17H,6-15,18H2,1-5H3. The minimum Gasteiger partial charge on any atom is -0.490 e. The molecule has 0 aliphatic carbocycles. The van der Waals surface area contributed by atoms with Crippen molar-refractivity contribution < 1.29 is 23.8 Å². The van der Waals surface area contributed by atoms with Gasteiger partial charge < -0.3 is 24.0 Å². The second kappa shape index (κ2) is 13.2. The molecule has 180 valence electrons. The maximum absolute atomic E-state index is 13.3. The summed E-state index contributed by atoms with van der Waals surface area (Å²) in [5, 5.41) is 0. The van der Waals surface area contributed by atoms with E-state index < -0.39 is 0 Å². The highest BCUT2D eigenvalue weighted by molar-refractivity contribution is 5.95. The van der Waals surface area contributed by atoms with Gasteiger partial charge in [-0.2, -0.15) is 0 Å². The van der Waals surface area contributed by atoms with Crippen LogP contribution < -0.4 is 14.2 Å². The van der Waals surface area contributed by atoms with Gasteiger partial charge in [-0.3, -0.25) is 14.5 Å². The molecule has 0 bridgehead atoms. The van der Waals surface area contributed by atoms with Crippen LogP contribution >= 0.6 is 0 Å². The Balaban J connectivity index is 2.15. The summed E-state index contributed by atoms with van der Waals surface area (Å²) in [6.45, 7) is 15.6. The molecule has 0 atom stereocenters. The minimum absolute atomic E-state index is 0.0631. The van der Waals surface area contributed by atoms with Crippen molar-refractivity contribution in [2.75, 3.05) is 65.6 Å². The number of rotatable bonds is 11. The molecule has 1 aromatic rings. The number of amides is 2. The average molecular weight is 450 g/mol. The zero-order valence-corrected chi connectivity index (χ0v) is 20.3. The molecule has 0 radical (unpaired) electrons. The van der Waals surface area contributed by atoms with Crippen molar-refractivity contribution in [2.24, 2.45) is 0 Å². The van der Waals surface area contributed by atoms with Crippen LogP contribution in [0.25, 0.3) is 0 Å². The maximum atomic E-state index is 13.3. The van der Waals surface area contributed by atoms with Crippen LogP contribution in [0.2, 0.25) is 0 Å². The van der Waals surface area contributed by atoms with Crippen molar-refractivity contribution >= 4 is 11.8 Å². The first-order chi connectivity index (χ1) is 15.5. The molecule has 1 aromatic carbocycles. The van der Waals surface area contributed by atoms with Crippen molar-refractivity contribution in [2.45, 2.75) is 41.0 Å². The number of ether oxygens (including phenoxy) is 3. The Bertz CT molecular complexity index is 724. The fraction of sp³-hybridized carbons (Fsp3) is 0.667. The molecule has 0 aromatic heterocycles. The van der Waals surface area contributed by atoms with Gasteiger partial charge in [0.2, 0.25) is 11.7 Å². The van der Waals surface area contributed by atoms with Crippen LogP contribution in [0.3, 0.4) is 0 Å². The lowest BCUT2D eigenvalue weighted by Gasteiger charge is -2.25. The van der Waals surface area contributed by atoms with E-state index in [1.807, 2.05) is 44.4 Å². The predicted molar refractivity (Wildman–Crippen MR) is 125 cm³/mol. The molecule has 1 aliphatic rings. The molecule has 32 heavy (non-hydrogen) atoms. The third-order valence-electron chi connectivity index (χ3n) is 5.51. The minimum atomic E-state index is -0.0631. The first-order valence-corrected chi connectivity index (χ1v) is 11.8. The Morgan fingerprint density at radius 3 is 1.97 bits per heavy atom. The van der Waals surface area contributed by atoms with Crippen molar-refractivity contribution in [3.63, 3.8) is 0 Å². The Kier molecular flexibility index (Phi) is 10.6. The van der Waals surface area contributed by atoms with E-state index in [4.69, 9.17) is 14.2 Å². The van der Waals surface area contributed by atoms with Crippen molar-refractivity contribution in [1.82, 2.24) is 14.7 Å². The number of nitrogens with zero attached hydrogens (tertiary/aromatic N) is 3. The first kappa shape index (κ1) is 25.8. The Labute approximate surface area is 192 Å². The molecule has 2 amide bonds. The lowest BCUT2D eigenvalue weighted by molar-refractivity contribution is -0.132. The van der Waals surface area contributed by atoms with Crippen molar-refractivity contribution in [3.8, 4) is 17.2 Å². The molecular weight excluding hydrogens is 410 g/mol. The smallest absolute Gasteiger partial charge is 0.254 e. The summed E-state index contributed by atoms with van der Waals surface area (Å²) in [6.07, 6.45) is 0.824. The molecule has 0 unspecified atom stereocenters. The Morgan fingerprint density at radius 2 is 1.44 bits per heavy atom. The van der Waals surface area contributed by atoms with Gasteiger partial charge in [0, 0.05) is 44.8 Å². The lowest BCUT2D eigenvalue weighted by Crippen LogP contribution is -2.42. The zero-order chi connectivity index (χ0) is 23.5. The highest BCUT2D eigenvalue weighted by Crippen LogP contribution is 2.39. The number of carbonyl (C=O) groups is 2. The van der Waals surface area contributed by atoms with E-state index in [1.165, 1.54) is 0 Å². The van der Waals surface area contributed by atoms with E-state index in [0.29, 0.717) is 68.8 Å². The third-order valence-corrected chi connectivity index (χ3v) is 5.51. The summed E-state index contributed by atoms with van der Waals surface area (Å²) in [5.74, 6) is 1.65. The lowest BCUT2D eigenvalue weighted by atomic mass is 10.1. The first-order valence-electron chi connectivity index (χ1n) is 11.8. The summed E-state index contributed by atoms with van der Waals surface area (Å²) in [4.78, 5) is 31.7. The normalized spacial score (nSPS) is 14.6. The zero-order valence-electron chi connectivity index (χ0n) is 20.3. The van der Waals surface area contributed by atoms with E-state index >= 15 is 0 Å². The maximum Gasteiger partial charge on any atom is 0.254 e. The average Bonchev–Trinajstić information content (AvgIpc) is 3.02. The van der Waals surface area contributed by atoms with E-state index in [0.717, 1.165) is 26.1 Å². The van der Waals surface area contributed by atoms with Crippen LogP contribution in [0.1, 0.15) is 51.4 Å². The second-order valence-corrected chi connectivity index (χ2v) is 7.59. The summed E-state index contributed by atoms with van der Waals surface area (Å²) in [7, 11) is 0. The van der Waals surface area contributed by atoms with E-state index in [2.05, 4.69) is 4.90 Å². The third kappa shape index (κ3) is 6.76. The SMILES string of the molecule is CCOc1cc(C(=O)N2CCCN(CC(=O)N(CC)CC)CC2)cc(OCC)c1OCC. The van der Waals surface area contributed by atoms with Crippen molar-refractivity contribution in [3.05, 3.63) is 17.7 Å². The van der Waals surface area contributed by atoms with E-state index in [9.17, 15) is 9.59 Å². The molecule has 1 heterocycles. The van der Waals surface area contributed by atoms with Gasteiger partial charge in [-0.05, 0) is 53.2 Å². The number of carbonyl (C=O) groups excluding carboxylic acids is 2. The molecule has 0 N–H and O–H groups in total. The van der Waals surface area contributed by atoms with E-state index in [1.54, 1.807) is 12.1 Å². The largest absolute Gasteiger partial charge is 0.490 e. The highest BCUT2D eigenvalue weighted by atomic mass is 16.5. The Hall–Kier alpha value is -2.48.